The fourth-order valence-corrected chi connectivity index (χ4v) is 8.52. The van der Waals surface area contributed by atoms with E-state index >= 15 is 0 Å². The largest absolute Gasteiger partial charge is 0.412 e. The second kappa shape index (κ2) is 14.9. The van der Waals surface area contributed by atoms with Crippen LogP contribution in [0.25, 0.3) is 0 Å². The molecule has 0 N–H and O–H groups in total. The van der Waals surface area contributed by atoms with Gasteiger partial charge in [-0.3, -0.25) is 0 Å². The Hall–Kier alpha value is -0.580. The molecule has 4 fully saturated rings. The van der Waals surface area contributed by atoms with E-state index in [-0.39, 0.29) is 6.08 Å². The predicted octanol–water partition coefficient (Wildman–Crippen LogP) is 11.0. The highest BCUT2D eigenvalue weighted by atomic mass is 19.4. The summed E-state index contributed by atoms with van der Waals surface area (Å²) < 4.78 is 57.6. The smallest absolute Gasteiger partial charge is 0.378 e. The first-order chi connectivity index (χ1) is 18.3. The first-order valence-corrected chi connectivity index (χ1v) is 16.4. The van der Waals surface area contributed by atoms with Crippen LogP contribution in [0.1, 0.15) is 135 Å². The molecule has 1 saturated heterocycles. The highest BCUT2D eigenvalue weighted by Crippen LogP contribution is 2.45. The van der Waals surface area contributed by atoms with E-state index in [0.29, 0.717) is 24.9 Å². The number of rotatable bonds is 10. The van der Waals surface area contributed by atoms with Gasteiger partial charge in [0.15, 0.2) is 0 Å². The van der Waals surface area contributed by atoms with Crippen molar-refractivity contribution in [3.05, 3.63) is 11.9 Å². The van der Waals surface area contributed by atoms with Gasteiger partial charge in [0, 0.05) is 12.5 Å². The van der Waals surface area contributed by atoms with Crippen molar-refractivity contribution in [2.75, 3.05) is 6.61 Å². The lowest BCUT2D eigenvalue weighted by Crippen LogP contribution is -2.35. The standard InChI is InChI=1S/C33H54F4O/c1-2-3-4-5-26-12-21-32(38-23-26)30-19-17-28(18-20-30)27-13-8-24(9-14-27)6-7-25-10-15-29(16-11-25)31(34)22-33(35,36)37/h22,24-30,32H,2-21,23H2,1H3/b31-22-. The first-order valence-electron chi connectivity index (χ1n) is 16.4. The highest BCUT2D eigenvalue weighted by Gasteiger charge is 2.36. The average Bonchev–Trinajstić information content (AvgIpc) is 2.92. The van der Waals surface area contributed by atoms with E-state index in [1.54, 1.807) is 0 Å². The lowest BCUT2D eigenvalue weighted by Gasteiger charge is -2.41. The van der Waals surface area contributed by atoms with Gasteiger partial charge in [-0.1, -0.05) is 51.9 Å². The molecule has 0 spiro atoms. The first kappa shape index (κ1) is 30.4. The third kappa shape index (κ3) is 9.51. The fourth-order valence-electron chi connectivity index (χ4n) is 8.52. The maximum Gasteiger partial charge on any atom is 0.412 e. The zero-order valence-corrected chi connectivity index (χ0v) is 24.0. The van der Waals surface area contributed by atoms with Crippen molar-refractivity contribution in [2.24, 2.45) is 41.4 Å². The molecule has 2 unspecified atom stereocenters. The minimum Gasteiger partial charge on any atom is -0.378 e. The zero-order chi connectivity index (χ0) is 27.0. The van der Waals surface area contributed by atoms with Crippen LogP contribution in [0, 0.1) is 41.4 Å². The van der Waals surface area contributed by atoms with Crippen molar-refractivity contribution in [1.29, 1.82) is 0 Å². The Bertz CT molecular complexity index is 686. The molecule has 38 heavy (non-hydrogen) atoms. The van der Waals surface area contributed by atoms with E-state index in [4.69, 9.17) is 4.74 Å². The number of halogens is 4. The Morgan fingerprint density at radius 1 is 0.658 bits per heavy atom. The minimum absolute atomic E-state index is 0.128. The third-order valence-corrected chi connectivity index (χ3v) is 11.0. The Morgan fingerprint density at radius 2 is 1.18 bits per heavy atom. The van der Waals surface area contributed by atoms with Gasteiger partial charge >= 0.3 is 6.18 Å². The van der Waals surface area contributed by atoms with Gasteiger partial charge in [0.05, 0.1) is 12.2 Å². The van der Waals surface area contributed by atoms with Crippen LogP contribution in [0.2, 0.25) is 0 Å². The molecule has 220 valence electrons. The van der Waals surface area contributed by atoms with Gasteiger partial charge in [0.2, 0.25) is 0 Å². The molecule has 0 bridgehead atoms. The van der Waals surface area contributed by atoms with Crippen LogP contribution in [-0.2, 0) is 4.74 Å². The van der Waals surface area contributed by atoms with Crippen molar-refractivity contribution in [3.8, 4) is 0 Å². The molecule has 0 aromatic carbocycles. The third-order valence-electron chi connectivity index (χ3n) is 11.0. The maximum atomic E-state index is 13.9. The van der Waals surface area contributed by atoms with Crippen LogP contribution in [0.3, 0.4) is 0 Å². The van der Waals surface area contributed by atoms with E-state index in [2.05, 4.69) is 6.92 Å². The zero-order valence-electron chi connectivity index (χ0n) is 24.0. The van der Waals surface area contributed by atoms with Gasteiger partial charge in [-0.25, -0.2) is 4.39 Å². The molecule has 1 aliphatic heterocycles. The average molecular weight is 543 g/mol. The highest BCUT2D eigenvalue weighted by molar-refractivity contribution is 5.03. The molecule has 0 aromatic heterocycles. The second-order valence-electron chi connectivity index (χ2n) is 13.6. The van der Waals surface area contributed by atoms with Crippen LogP contribution < -0.4 is 0 Å². The Balaban J connectivity index is 1.07. The molecule has 4 rings (SSSR count). The number of hydrogen-bond donors (Lipinski definition) is 0. The SMILES string of the molecule is CCCCCC1CCC(C2CCC(C3CCC(CCC4CCC(/C(F)=C/C(F)(F)F)CC4)CC3)CC2)OC1. The summed E-state index contributed by atoms with van der Waals surface area (Å²) in [5.41, 5.74) is 0. The van der Waals surface area contributed by atoms with Gasteiger partial charge in [0.25, 0.3) is 0 Å². The Labute approximate surface area is 229 Å². The number of hydrogen-bond acceptors (Lipinski definition) is 1. The van der Waals surface area contributed by atoms with Crippen molar-refractivity contribution in [2.45, 2.75) is 148 Å². The number of alkyl halides is 3. The summed E-state index contributed by atoms with van der Waals surface area (Å²) in [4.78, 5) is 0. The summed E-state index contributed by atoms with van der Waals surface area (Å²) in [5, 5.41) is 0. The molecule has 5 heteroatoms. The Morgan fingerprint density at radius 3 is 1.71 bits per heavy atom. The molecule has 0 radical (unpaired) electrons. The molecule has 0 amide bonds. The lowest BCUT2D eigenvalue weighted by molar-refractivity contribution is -0.0821. The number of ether oxygens (including phenoxy) is 1. The summed E-state index contributed by atoms with van der Waals surface area (Å²) in [6.45, 7) is 3.29. The topological polar surface area (TPSA) is 9.23 Å². The van der Waals surface area contributed by atoms with E-state index in [9.17, 15) is 17.6 Å². The molecule has 3 aliphatic carbocycles. The molecule has 1 nitrogen and oxygen atoms in total. The fraction of sp³-hybridized carbons (Fsp3) is 0.939. The van der Waals surface area contributed by atoms with Crippen LogP contribution in [0.4, 0.5) is 17.6 Å². The lowest BCUT2D eigenvalue weighted by atomic mass is 9.67. The van der Waals surface area contributed by atoms with Gasteiger partial charge in [-0.15, -0.1) is 0 Å². The second-order valence-corrected chi connectivity index (χ2v) is 13.6. The molecule has 4 aliphatic rings. The maximum absolute atomic E-state index is 13.9. The summed E-state index contributed by atoms with van der Waals surface area (Å²) in [5.74, 6) is 3.37. The predicted molar refractivity (Wildman–Crippen MR) is 147 cm³/mol. The van der Waals surface area contributed by atoms with E-state index in [0.717, 1.165) is 49.0 Å². The number of allylic oxidation sites excluding steroid dienone is 2. The minimum atomic E-state index is -4.54. The molecule has 1 heterocycles. The van der Waals surface area contributed by atoms with Crippen LogP contribution in [0.15, 0.2) is 11.9 Å². The van der Waals surface area contributed by atoms with Gasteiger partial charge in [-0.2, -0.15) is 13.2 Å². The van der Waals surface area contributed by atoms with E-state index in [1.807, 2.05) is 0 Å². The quantitative estimate of drug-likeness (QED) is 0.197. The monoisotopic (exact) mass is 542 g/mol. The van der Waals surface area contributed by atoms with Gasteiger partial charge < -0.3 is 4.74 Å². The molecular formula is C33H54F4O. The van der Waals surface area contributed by atoms with Crippen molar-refractivity contribution < 1.29 is 22.3 Å². The van der Waals surface area contributed by atoms with Crippen LogP contribution in [0.5, 0.6) is 0 Å². The van der Waals surface area contributed by atoms with Gasteiger partial charge in [-0.05, 0) is 119 Å². The summed E-state index contributed by atoms with van der Waals surface area (Å²) in [6, 6.07) is 0. The molecule has 3 saturated carbocycles. The molecule has 0 aromatic rings. The summed E-state index contributed by atoms with van der Waals surface area (Å²) in [6.07, 6.45) is 20.3. The molecular weight excluding hydrogens is 488 g/mol. The van der Waals surface area contributed by atoms with E-state index < -0.39 is 17.9 Å². The van der Waals surface area contributed by atoms with Gasteiger partial charge in [0.1, 0.15) is 5.83 Å². The normalized spacial score (nSPS) is 37.8. The van der Waals surface area contributed by atoms with E-state index in [1.165, 1.54) is 103 Å². The summed E-state index contributed by atoms with van der Waals surface area (Å²) in [7, 11) is 0. The van der Waals surface area contributed by atoms with Crippen LogP contribution >= 0.6 is 0 Å². The van der Waals surface area contributed by atoms with Crippen LogP contribution in [-0.4, -0.2) is 18.9 Å². The summed E-state index contributed by atoms with van der Waals surface area (Å²) >= 11 is 0. The van der Waals surface area contributed by atoms with Crippen molar-refractivity contribution in [3.63, 3.8) is 0 Å². The number of unbranched alkanes of at least 4 members (excludes halogenated alkanes) is 2. The van der Waals surface area contributed by atoms with Crippen molar-refractivity contribution >= 4 is 0 Å². The molecule has 2 atom stereocenters. The van der Waals surface area contributed by atoms with Crippen molar-refractivity contribution in [1.82, 2.24) is 0 Å². The Kier molecular flexibility index (Phi) is 11.9.